The summed E-state index contributed by atoms with van der Waals surface area (Å²) in [5.41, 5.74) is 0. The van der Waals surface area contributed by atoms with Crippen LogP contribution in [0, 0.1) is 0 Å². The van der Waals surface area contributed by atoms with Crippen LogP contribution in [0.4, 0.5) is 10.6 Å². The Bertz CT molecular complexity index is 672. The average Bonchev–Trinajstić information content (AvgIpc) is 2.84. The lowest BCUT2D eigenvalue weighted by Crippen LogP contribution is -2.33. The molecule has 0 saturated carbocycles. The van der Waals surface area contributed by atoms with Gasteiger partial charge >= 0.3 is 6.09 Å². The first-order chi connectivity index (χ1) is 9.72. The third-order valence-electron chi connectivity index (χ3n) is 3.08. The van der Waals surface area contributed by atoms with Crippen LogP contribution in [0.15, 0.2) is 36.5 Å². The van der Waals surface area contributed by atoms with Gasteiger partial charge in [-0.05, 0) is 11.5 Å². The zero-order valence-electron chi connectivity index (χ0n) is 10.7. The van der Waals surface area contributed by atoms with E-state index in [9.17, 15) is 9.59 Å². The van der Waals surface area contributed by atoms with E-state index in [1.165, 1.54) is 4.90 Å². The van der Waals surface area contributed by atoms with Crippen molar-refractivity contribution in [3.8, 4) is 0 Å². The number of hydrogen-bond donors (Lipinski definition) is 1. The van der Waals surface area contributed by atoms with Crippen LogP contribution in [0.5, 0.6) is 0 Å². The number of nitrogens with one attached hydrogen (secondary N) is 1. The fourth-order valence-electron chi connectivity index (χ4n) is 2.08. The maximum absolute atomic E-state index is 11.8. The third-order valence-corrected chi connectivity index (χ3v) is 3.08. The van der Waals surface area contributed by atoms with E-state index in [-0.39, 0.29) is 12.5 Å². The number of nitrogens with zero attached hydrogens (tertiary/aromatic N) is 2. The molecule has 2 heterocycles. The van der Waals surface area contributed by atoms with Gasteiger partial charge < -0.3 is 10.1 Å². The first-order valence-electron chi connectivity index (χ1n) is 6.29. The highest BCUT2D eigenvalue weighted by molar-refractivity contribution is 5.95. The van der Waals surface area contributed by atoms with Crippen LogP contribution in [0.25, 0.3) is 10.8 Å². The van der Waals surface area contributed by atoms with Gasteiger partial charge in [0.2, 0.25) is 5.91 Å². The Kier molecular flexibility index (Phi) is 3.20. The molecule has 1 aromatic carbocycles. The van der Waals surface area contributed by atoms with Gasteiger partial charge in [-0.1, -0.05) is 24.3 Å². The number of pyridine rings is 1. The summed E-state index contributed by atoms with van der Waals surface area (Å²) >= 11 is 0. The second-order valence-electron chi connectivity index (χ2n) is 4.50. The molecule has 20 heavy (non-hydrogen) atoms. The van der Waals surface area contributed by atoms with E-state index in [0.717, 1.165) is 10.8 Å². The Morgan fingerprint density at radius 2 is 2.15 bits per heavy atom. The molecule has 0 atom stereocenters. The molecule has 1 fully saturated rings. The van der Waals surface area contributed by atoms with E-state index in [0.29, 0.717) is 19.0 Å². The summed E-state index contributed by atoms with van der Waals surface area (Å²) in [7, 11) is 0. The predicted molar refractivity (Wildman–Crippen MR) is 73.3 cm³/mol. The first-order valence-corrected chi connectivity index (χ1v) is 6.29. The lowest BCUT2D eigenvalue weighted by Gasteiger charge is -2.12. The first kappa shape index (κ1) is 12.4. The van der Waals surface area contributed by atoms with Gasteiger partial charge in [0, 0.05) is 11.6 Å². The molecule has 0 radical (unpaired) electrons. The smallest absolute Gasteiger partial charge is 0.410 e. The fraction of sp³-hybridized carbons (Fsp3) is 0.214. The summed E-state index contributed by atoms with van der Waals surface area (Å²) in [6.45, 7) is 0.755. The van der Waals surface area contributed by atoms with Crippen molar-refractivity contribution in [1.29, 1.82) is 0 Å². The van der Waals surface area contributed by atoms with E-state index in [4.69, 9.17) is 4.74 Å². The molecule has 0 bridgehead atoms. The number of anilines is 1. The predicted octanol–water partition coefficient (Wildman–Crippen LogP) is 1.63. The molecule has 1 aromatic heterocycles. The third kappa shape index (κ3) is 2.54. The minimum atomic E-state index is -0.452. The Hall–Kier alpha value is -2.63. The number of ether oxygens (including phenoxy) is 1. The van der Waals surface area contributed by atoms with Crippen LogP contribution in [0.2, 0.25) is 0 Å². The maximum Gasteiger partial charge on any atom is 0.410 e. The molecule has 1 aliphatic heterocycles. The van der Waals surface area contributed by atoms with Crippen LogP contribution in [0.1, 0.15) is 0 Å². The maximum atomic E-state index is 11.8. The molecule has 6 heteroatoms. The quantitative estimate of drug-likeness (QED) is 0.921. The molecule has 2 aromatic rings. The molecule has 1 N–H and O–H groups in total. The van der Waals surface area contributed by atoms with Crippen LogP contribution < -0.4 is 5.32 Å². The standard InChI is InChI=1S/C14H13N3O3/c18-13(9-17-5-6-20-14(17)19)16-12-7-10-3-1-2-4-11(10)8-15-12/h1-4,7-8H,5-6,9H2,(H,15,16,18). The average molecular weight is 271 g/mol. The number of cyclic esters (lactones) is 1. The van der Waals surface area contributed by atoms with Gasteiger partial charge in [0.15, 0.2) is 0 Å². The number of benzene rings is 1. The van der Waals surface area contributed by atoms with E-state index >= 15 is 0 Å². The molecular weight excluding hydrogens is 258 g/mol. The monoisotopic (exact) mass is 271 g/mol. The lowest BCUT2D eigenvalue weighted by molar-refractivity contribution is -0.116. The van der Waals surface area contributed by atoms with Gasteiger partial charge in [0.25, 0.3) is 0 Å². The van der Waals surface area contributed by atoms with E-state index in [1.54, 1.807) is 12.3 Å². The molecule has 1 saturated heterocycles. The van der Waals surface area contributed by atoms with Gasteiger partial charge in [0.05, 0.1) is 6.54 Å². The molecule has 0 aliphatic carbocycles. The summed E-state index contributed by atoms with van der Waals surface area (Å²) < 4.78 is 4.77. The van der Waals surface area contributed by atoms with Crippen molar-refractivity contribution < 1.29 is 14.3 Å². The summed E-state index contributed by atoms with van der Waals surface area (Å²) in [4.78, 5) is 28.6. The Labute approximate surface area is 115 Å². The van der Waals surface area contributed by atoms with E-state index in [2.05, 4.69) is 10.3 Å². The minimum Gasteiger partial charge on any atom is -0.448 e. The lowest BCUT2D eigenvalue weighted by atomic mass is 10.2. The van der Waals surface area contributed by atoms with Crippen molar-refractivity contribution in [2.45, 2.75) is 0 Å². The van der Waals surface area contributed by atoms with Gasteiger partial charge in [-0.15, -0.1) is 0 Å². The molecular formula is C14H13N3O3. The van der Waals surface area contributed by atoms with Crippen LogP contribution >= 0.6 is 0 Å². The van der Waals surface area contributed by atoms with Crippen molar-refractivity contribution in [1.82, 2.24) is 9.88 Å². The van der Waals surface area contributed by atoms with Gasteiger partial charge in [-0.3, -0.25) is 9.69 Å². The number of carbonyl (C=O) groups is 2. The van der Waals surface area contributed by atoms with Crippen molar-refractivity contribution in [3.05, 3.63) is 36.5 Å². The van der Waals surface area contributed by atoms with Crippen molar-refractivity contribution >= 4 is 28.6 Å². The van der Waals surface area contributed by atoms with Gasteiger partial charge in [-0.2, -0.15) is 0 Å². The molecule has 6 nitrogen and oxygen atoms in total. The largest absolute Gasteiger partial charge is 0.448 e. The highest BCUT2D eigenvalue weighted by atomic mass is 16.6. The summed E-state index contributed by atoms with van der Waals surface area (Å²) in [6, 6.07) is 9.56. The summed E-state index contributed by atoms with van der Waals surface area (Å²) in [5.74, 6) is 0.188. The number of fused-ring (bicyclic) bond motifs is 1. The summed E-state index contributed by atoms with van der Waals surface area (Å²) in [5, 5.41) is 4.69. The fourth-order valence-corrected chi connectivity index (χ4v) is 2.08. The number of hydrogen-bond acceptors (Lipinski definition) is 4. The van der Waals surface area contributed by atoms with Crippen LogP contribution in [0.3, 0.4) is 0 Å². The molecule has 3 rings (SSSR count). The van der Waals surface area contributed by atoms with E-state index < -0.39 is 6.09 Å². The highest BCUT2D eigenvalue weighted by Gasteiger charge is 2.24. The van der Waals surface area contributed by atoms with Crippen LogP contribution in [-0.4, -0.2) is 41.6 Å². The number of carbonyl (C=O) groups excluding carboxylic acids is 2. The minimum absolute atomic E-state index is 0.0205. The molecule has 0 unspecified atom stereocenters. The van der Waals surface area contributed by atoms with Crippen molar-refractivity contribution in [2.75, 3.05) is 25.0 Å². The zero-order valence-corrected chi connectivity index (χ0v) is 10.7. The van der Waals surface area contributed by atoms with E-state index in [1.807, 2.05) is 24.3 Å². The Morgan fingerprint density at radius 3 is 2.90 bits per heavy atom. The SMILES string of the molecule is O=C(CN1CCOC1=O)Nc1cc2ccccc2cn1. The second kappa shape index (κ2) is 5.16. The number of amides is 2. The topological polar surface area (TPSA) is 71.5 Å². The molecule has 0 spiro atoms. The molecule has 1 aliphatic rings. The van der Waals surface area contributed by atoms with Gasteiger partial charge in [-0.25, -0.2) is 9.78 Å². The summed E-state index contributed by atoms with van der Waals surface area (Å²) in [6.07, 6.45) is 1.25. The number of rotatable bonds is 3. The van der Waals surface area contributed by atoms with Crippen LogP contribution in [-0.2, 0) is 9.53 Å². The molecule has 102 valence electrons. The second-order valence-corrected chi connectivity index (χ2v) is 4.50. The van der Waals surface area contributed by atoms with Gasteiger partial charge in [0.1, 0.15) is 19.0 Å². The molecule has 2 amide bonds. The number of aromatic nitrogens is 1. The Morgan fingerprint density at radius 1 is 1.35 bits per heavy atom. The Balaban J connectivity index is 1.69. The van der Waals surface area contributed by atoms with Crippen molar-refractivity contribution in [2.24, 2.45) is 0 Å². The normalized spacial score (nSPS) is 14.4. The zero-order chi connectivity index (χ0) is 13.9. The highest BCUT2D eigenvalue weighted by Crippen LogP contribution is 2.16. The van der Waals surface area contributed by atoms with Crippen molar-refractivity contribution in [3.63, 3.8) is 0 Å².